The van der Waals surface area contributed by atoms with Crippen LogP contribution >= 0.6 is 23.1 Å². The first-order valence-corrected chi connectivity index (χ1v) is 9.12. The van der Waals surface area contributed by atoms with E-state index in [-0.39, 0.29) is 12.5 Å². The van der Waals surface area contributed by atoms with Crippen LogP contribution in [0.25, 0.3) is 10.2 Å². The third-order valence-electron chi connectivity index (χ3n) is 3.20. The number of aryl methyl sites for hydroxylation is 1. The fraction of sp³-hybridized carbons (Fsp3) is 0.176. The predicted octanol–water partition coefficient (Wildman–Crippen LogP) is 4.34. The lowest BCUT2D eigenvalue weighted by Crippen LogP contribution is -2.20. The number of benzene rings is 2. The standard InChI is InChI=1S/C17H16N2O2S2/c1-11-4-3-5-12(8-11)21-10-16(20)19-17-18-14-7-6-13(22-2)9-15(14)23-17/h3-9H,10H2,1-2H3,(H,18,19,20). The molecule has 1 aromatic heterocycles. The fourth-order valence-corrected chi connectivity index (χ4v) is 3.53. The van der Waals surface area contributed by atoms with Crippen molar-refractivity contribution in [3.05, 3.63) is 48.0 Å². The van der Waals surface area contributed by atoms with Gasteiger partial charge in [0.25, 0.3) is 5.91 Å². The number of aromatic nitrogens is 1. The molecule has 0 spiro atoms. The minimum absolute atomic E-state index is 0.0323. The molecule has 0 bridgehead atoms. The first kappa shape index (κ1) is 15.8. The van der Waals surface area contributed by atoms with E-state index in [1.165, 1.54) is 16.2 Å². The van der Waals surface area contributed by atoms with E-state index in [4.69, 9.17) is 4.74 Å². The summed E-state index contributed by atoms with van der Waals surface area (Å²) in [6.45, 7) is 1.95. The second-order valence-electron chi connectivity index (χ2n) is 5.01. The second-order valence-corrected chi connectivity index (χ2v) is 6.92. The van der Waals surface area contributed by atoms with Crippen LogP contribution in [0, 0.1) is 6.92 Å². The highest BCUT2D eigenvalue weighted by Gasteiger charge is 2.09. The molecule has 0 aliphatic heterocycles. The number of rotatable bonds is 5. The molecule has 0 fully saturated rings. The van der Waals surface area contributed by atoms with Crippen molar-refractivity contribution in [2.45, 2.75) is 11.8 Å². The summed E-state index contributed by atoms with van der Waals surface area (Å²) < 4.78 is 6.55. The summed E-state index contributed by atoms with van der Waals surface area (Å²) in [5.74, 6) is 0.477. The molecule has 0 atom stereocenters. The summed E-state index contributed by atoms with van der Waals surface area (Å²) in [6, 6.07) is 13.7. The van der Waals surface area contributed by atoms with Crippen LogP contribution in [-0.2, 0) is 4.79 Å². The number of nitrogens with one attached hydrogen (secondary N) is 1. The maximum Gasteiger partial charge on any atom is 0.264 e. The van der Waals surface area contributed by atoms with Crippen LogP contribution in [0.1, 0.15) is 5.56 Å². The first-order chi connectivity index (χ1) is 11.1. The second kappa shape index (κ2) is 7.02. The number of amides is 1. The molecule has 0 unspecified atom stereocenters. The fourth-order valence-electron chi connectivity index (χ4n) is 2.09. The van der Waals surface area contributed by atoms with Crippen molar-refractivity contribution in [1.82, 2.24) is 4.98 Å². The lowest BCUT2D eigenvalue weighted by molar-refractivity contribution is -0.118. The van der Waals surface area contributed by atoms with Gasteiger partial charge in [0, 0.05) is 4.90 Å². The van der Waals surface area contributed by atoms with E-state index in [0.717, 1.165) is 15.8 Å². The molecule has 3 rings (SSSR count). The van der Waals surface area contributed by atoms with Gasteiger partial charge in [-0.2, -0.15) is 0 Å². The summed E-state index contributed by atoms with van der Waals surface area (Å²) in [5, 5.41) is 3.38. The molecular weight excluding hydrogens is 328 g/mol. The van der Waals surface area contributed by atoms with E-state index in [2.05, 4.69) is 16.4 Å². The van der Waals surface area contributed by atoms with E-state index in [0.29, 0.717) is 10.9 Å². The summed E-state index contributed by atoms with van der Waals surface area (Å²) in [4.78, 5) is 17.6. The van der Waals surface area contributed by atoms with Gasteiger partial charge in [-0.3, -0.25) is 10.1 Å². The molecule has 2 aromatic carbocycles. The zero-order valence-electron chi connectivity index (χ0n) is 12.8. The molecule has 0 aliphatic carbocycles. The number of nitrogens with zero attached hydrogens (tertiary/aromatic N) is 1. The Morgan fingerprint density at radius 3 is 2.96 bits per heavy atom. The molecule has 23 heavy (non-hydrogen) atoms. The normalized spacial score (nSPS) is 10.7. The van der Waals surface area contributed by atoms with E-state index in [1.54, 1.807) is 11.8 Å². The Kier molecular flexibility index (Phi) is 4.83. The van der Waals surface area contributed by atoms with Crippen LogP contribution in [0.5, 0.6) is 5.75 Å². The molecule has 1 heterocycles. The number of thioether (sulfide) groups is 1. The number of hydrogen-bond donors (Lipinski definition) is 1. The maximum atomic E-state index is 12.0. The van der Waals surface area contributed by atoms with Gasteiger partial charge in [-0.1, -0.05) is 23.5 Å². The SMILES string of the molecule is CSc1ccc2nc(NC(=O)COc3cccc(C)c3)sc2c1. The van der Waals surface area contributed by atoms with Gasteiger partial charge in [0.05, 0.1) is 10.2 Å². The molecule has 0 aliphatic rings. The Hall–Kier alpha value is -2.05. The molecule has 0 radical (unpaired) electrons. The quantitative estimate of drug-likeness (QED) is 0.699. The number of hydrogen-bond acceptors (Lipinski definition) is 5. The largest absolute Gasteiger partial charge is 0.484 e. The monoisotopic (exact) mass is 344 g/mol. The van der Waals surface area contributed by atoms with E-state index in [1.807, 2.05) is 49.6 Å². The maximum absolute atomic E-state index is 12.0. The topological polar surface area (TPSA) is 51.2 Å². The number of carbonyl (C=O) groups is 1. The summed E-state index contributed by atoms with van der Waals surface area (Å²) in [7, 11) is 0. The van der Waals surface area contributed by atoms with Gasteiger partial charge in [-0.05, 0) is 49.1 Å². The Labute approximate surface area is 142 Å². The van der Waals surface area contributed by atoms with Crippen LogP contribution in [0.2, 0.25) is 0 Å². The van der Waals surface area contributed by atoms with Crippen molar-refractivity contribution in [1.29, 1.82) is 0 Å². The van der Waals surface area contributed by atoms with Crippen molar-refractivity contribution >= 4 is 44.4 Å². The molecule has 6 heteroatoms. The van der Waals surface area contributed by atoms with Gasteiger partial charge in [0.1, 0.15) is 5.75 Å². The lowest BCUT2D eigenvalue weighted by Gasteiger charge is -2.06. The zero-order chi connectivity index (χ0) is 16.2. The Bertz CT molecular complexity index is 845. The van der Waals surface area contributed by atoms with Crippen molar-refractivity contribution in [2.75, 3.05) is 18.2 Å². The van der Waals surface area contributed by atoms with Gasteiger partial charge in [-0.25, -0.2) is 4.98 Å². The average Bonchev–Trinajstić information content (AvgIpc) is 2.94. The van der Waals surface area contributed by atoms with E-state index < -0.39 is 0 Å². The minimum Gasteiger partial charge on any atom is -0.484 e. The van der Waals surface area contributed by atoms with Gasteiger partial charge < -0.3 is 4.74 Å². The third-order valence-corrected chi connectivity index (χ3v) is 4.86. The van der Waals surface area contributed by atoms with Crippen molar-refractivity contribution in [3.8, 4) is 5.75 Å². The van der Waals surface area contributed by atoms with Gasteiger partial charge in [0.15, 0.2) is 11.7 Å². The Morgan fingerprint density at radius 1 is 1.30 bits per heavy atom. The third kappa shape index (κ3) is 4.03. The van der Waals surface area contributed by atoms with Crippen molar-refractivity contribution < 1.29 is 9.53 Å². The van der Waals surface area contributed by atoms with Gasteiger partial charge in [-0.15, -0.1) is 11.8 Å². The van der Waals surface area contributed by atoms with Crippen LogP contribution in [-0.4, -0.2) is 23.8 Å². The molecule has 118 valence electrons. The van der Waals surface area contributed by atoms with Crippen LogP contribution in [0.3, 0.4) is 0 Å². The minimum atomic E-state index is -0.212. The number of fused-ring (bicyclic) bond motifs is 1. The zero-order valence-corrected chi connectivity index (χ0v) is 14.5. The lowest BCUT2D eigenvalue weighted by atomic mass is 10.2. The number of anilines is 1. The molecule has 4 nitrogen and oxygen atoms in total. The highest BCUT2D eigenvalue weighted by atomic mass is 32.2. The Morgan fingerprint density at radius 2 is 2.17 bits per heavy atom. The van der Waals surface area contributed by atoms with Crippen LogP contribution in [0.4, 0.5) is 5.13 Å². The molecule has 0 saturated carbocycles. The van der Waals surface area contributed by atoms with Crippen LogP contribution in [0.15, 0.2) is 47.4 Å². The van der Waals surface area contributed by atoms with Crippen molar-refractivity contribution in [2.24, 2.45) is 0 Å². The molecule has 3 aromatic rings. The molecule has 1 amide bonds. The van der Waals surface area contributed by atoms with E-state index in [9.17, 15) is 4.79 Å². The smallest absolute Gasteiger partial charge is 0.264 e. The van der Waals surface area contributed by atoms with Crippen molar-refractivity contribution in [3.63, 3.8) is 0 Å². The number of ether oxygens (including phenoxy) is 1. The highest BCUT2D eigenvalue weighted by Crippen LogP contribution is 2.29. The Balaban J connectivity index is 1.63. The first-order valence-electron chi connectivity index (χ1n) is 7.08. The van der Waals surface area contributed by atoms with Gasteiger partial charge >= 0.3 is 0 Å². The predicted molar refractivity (Wildman–Crippen MR) is 96.7 cm³/mol. The summed E-state index contributed by atoms with van der Waals surface area (Å²) in [5.41, 5.74) is 1.99. The molecular formula is C17H16N2O2S2. The summed E-state index contributed by atoms with van der Waals surface area (Å²) >= 11 is 3.15. The summed E-state index contributed by atoms with van der Waals surface area (Å²) in [6.07, 6.45) is 2.04. The average molecular weight is 344 g/mol. The number of thiazole rings is 1. The van der Waals surface area contributed by atoms with Gasteiger partial charge in [0.2, 0.25) is 0 Å². The van der Waals surface area contributed by atoms with Crippen LogP contribution < -0.4 is 10.1 Å². The molecule has 0 saturated heterocycles. The number of carbonyl (C=O) groups excluding carboxylic acids is 1. The molecule has 1 N–H and O–H groups in total. The highest BCUT2D eigenvalue weighted by molar-refractivity contribution is 7.98. The van der Waals surface area contributed by atoms with E-state index >= 15 is 0 Å².